The molecule has 0 unspecified atom stereocenters. The van der Waals surface area contributed by atoms with Crippen molar-refractivity contribution in [2.45, 2.75) is 46.2 Å². The van der Waals surface area contributed by atoms with Crippen LogP contribution in [0.25, 0.3) is 16.3 Å². The number of fused-ring (bicyclic) bond motifs is 1. The summed E-state index contributed by atoms with van der Waals surface area (Å²) in [5, 5.41) is 10.2. The molecule has 1 saturated heterocycles. The van der Waals surface area contributed by atoms with Gasteiger partial charge in [-0.1, -0.05) is 25.1 Å². The highest BCUT2D eigenvalue weighted by Gasteiger charge is 2.26. The van der Waals surface area contributed by atoms with Crippen LogP contribution in [0.15, 0.2) is 50.3 Å². The van der Waals surface area contributed by atoms with Crippen molar-refractivity contribution in [3.63, 3.8) is 0 Å². The topological polar surface area (TPSA) is 118 Å². The minimum absolute atomic E-state index is 0.0400. The standard InChI is InChI=1S/C28H37N9O/c1-7-35-13-11-21(12-14-35)37-22(15-20-10-8-9-18(2)23(20)28(37)38)17-36-27(31-5)24(26(29)30-4)25(34-36)19(3)16-33-32-6/h8-10,15-16,21,33H,5-7,11-14,17H2,1-4H3,(H2,29,30)/b19-16+. The van der Waals surface area contributed by atoms with E-state index in [0.717, 1.165) is 60.1 Å². The predicted molar refractivity (Wildman–Crippen MR) is 157 cm³/mol. The lowest BCUT2D eigenvalue weighted by atomic mass is 10.0. The van der Waals surface area contributed by atoms with E-state index >= 15 is 0 Å². The number of amidine groups is 1. The minimum atomic E-state index is 0.0400. The molecule has 2 aromatic heterocycles. The predicted octanol–water partition coefficient (Wildman–Crippen LogP) is 3.44. The number of hydrazone groups is 1. The Balaban J connectivity index is 1.91. The van der Waals surface area contributed by atoms with Gasteiger partial charge in [-0.15, -0.1) is 0 Å². The number of benzene rings is 1. The van der Waals surface area contributed by atoms with Crippen molar-refractivity contribution in [3.8, 4) is 0 Å². The first kappa shape index (κ1) is 27.0. The number of aromatic nitrogens is 3. The molecule has 200 valence electrons. The van der Waals surface area contributed by atoms with Gasteiger partial charge in [-0.25, -0.2) is 9.67 Å². The Hall–Kier alpha value is -4.05. The smallest absolute Gasteiger partial charge is 0.259 e. The molecule has 3 N–H and O–H groups in total. The Bertz CT molecular complexity index is 1470. The lowest BCUT2D eigenvalue weighted by molar-refractivity contribution is 0.191. The SMILES string of the molecule is C=NN/C=C(\C)c1nn(Cc2cc3cccc(C)c3c(=O)n2C2CCN(CC)CC2)c(N=C)c1/C(N)=N\C. The van der Waals surface area contributed by atoms with E-state index in [0.29, 0.717) is 29.5 Å². The molecule has 0 spiro atoms. The summed E-state index contributed by atoms with van der Waals surface area (Å²) >= 11 is 0. The van der Waals surface area contributed by atoms with Crippen molar-refractivity contribution in [2.75, 3.05) is 26.7 Å². The highest BCUT2D eigenvalue weighted by Crippen LogP contribution is 2.30. The Morgan fingerprint density at radius 3 is 2.66 bits per heavy atom. The Kier molecular flexibility index (Phi) is 8.21. The zero-order valence-corrected chi connectivity index (χ0v) is 22.7. The molecule has 10 nitrogen and oxygen atoms in total. The van der Waals surface area contributed by atoms with Crippen LogP contribution in [0.5, 0.6) is 0 Å². The summed E-state index contributed by atoms with van der Waals surface area (Å²) in [4.78, 5) is 24.9. The van der Waals surface area contributed by atoms with Crippen LogP contribution in [-0.4, -0.2) is 65.2 Å². The molecule has 38 heavy (non-hydrogen) atoms. The third-order valence-corrected chi connectivity index (χ3v) is 7.37. The van der Waals surface area contributed by atoms with Gasteiger partial charge in [0.15, 0.2) is 5.82 Å². The molecule has 0 bridgehead atoms. The summed E-state index contributed by atoms with van der Waals surface area (Å²) in [6.45, 7) is 16.6. The summed E-state index contributed by atoms with van der Waals surface area (Å²) < 4.78 is 3.74. The average Bonchev–Trinajstić information content (AvgIpc) is 3.29. The van der Waals surface area contributed by atoms with Crippen LogP contribution in [0.4, 0.5) is 5.82 Å². The molecule has 1 aliphatic heterocycles. The number of allylic oxidation sites excluding steroid dienone is 1. The maximum absolute atomic E-state index is 14.0. The number of hydrogen-bond acceptors (Lipinski definition) is 7. The molecule has 3 aromatic rings. The quantitative estimate of drug-likeness (QED) is 0.257. The van der Waals surface area contributed by atoms with Gasteiger partial charge in [-0.3, -0.25) is 15.2 Å². The number of pyridine rings is 1. The number of rotatable bonds is 9. The lowest BCUT2D eigenvalue weighted by Gasteiger charge is -2.33. The second-order valence-corrected chi connectivity index (χ2v) is 9.60. The number of aryl methyl sites for hydroxylation is 1. The molecular formula is C28H37N9O. The fraction of sp³-hybridized carbons (Fsp3) is 0.393. The molecule has 0 amide bonds. The van der Waals surface area contributed by atoms with E-state index in [9.17, 15) is 4.79 Å². The maximum atomic E-state index is 14.0. The number of nitrogens with two attached hydrogens (primary N) is 1. The van der Waals surface area contributed by atoms with Crippen LogP contribution >= 0.6 is 0 Å². The Morgan fingerprint density at radius 1 is 1.29 bits per heavy atom. The van der Waals surface area contributed by atoms with Gasteiger partial charge >= 0.3 is 0 Å². The van der Waals surface area contributed by atoms with Crippen LogP contribution in [0.2, 0.25) is 0 Å². The number of piperidine rings is 1. The Labute approximate surface area is 223 Å². The molecule has 3 heterocycles. The number of nitrogens with zero attached hydrogens (tertiary/aromatic N) is 7. The van der Waals surface area contributed by atoms with E-state index in [2.05, 4.69) is 51.8 Å². The molecule has 1 fully saturated rings. The number of nitrogens with one attached hydrogen (secondary N) is 1. The summed E-state index contributed by atoms with van der Waals surface area (Å²) in [6.07, 6.45) is 3.52. The summed E-state index contributed by atoms with van der Waals surface area (Å²) in [5.41, 5.74) is 12.9. The van der Waals surface area contributed by atoms with E-state index in [4.69, 9.17) is 10.8 Å². The van der Waals surface area contributed by atoms with Gasteiger partial charge in [-0.2, -0.15) is 10.2 Å². The fourth-order valence-electron chi connectivity index (χ4n) is 5.33. The highest BCUT2D eigenvalue weighted by atomic mass is 16.1. The van der Waals surface area contributed by atoms with Gasteiger partial charge in [0.25, 0.3) is 5.56 Å². The van der Waals surface area contributed by atoms with Crippen LogP contribution in [0.1, 0.15) is 55.2 Å². The van der Waals surface area contributed by atoms with Gasteiger partial charge in [0.2, 0.25) is 0 Å². The first-order valence-corrected chi connectivity index (χ1v) is 12.9. The van der Waals surface area contributed by atoms with Crippen LogP contribution in [-0.2, 0) is 6.54 Å². The molecular weight excluding hydrogens is 478 g/mol. The molecule has 1 aromatic carbocycles. The van der Waals surface area contributed by atoms with Crippen molar-refractivity contribution in [2.24, 2.45) is 20.8 Å². The second kappa shape index (κ2) is 11.6. The zero-order chi connectivity index (χ0) is 27.4. The molecule has 0 saturated carbocycles. The monoisotopic (exact) mass is 515 g/mol. The van der Waals surface area contributed by atoms with Crippen molar-refractivity contribution in [3.05, 3.63) is 63.3 Å². The minimum Gasteiger partial charge on any atom is -0.383 e. The summed E-state index contributed by atoms with van der Waals surface area (Å²) in [5.74, 6) is 0.790. The molecule has 10 heteroatoms. The van der Waals surface area contributed by atoms with Gasteiger partial charge in [0.1, 0.15) is 11.5 Å². The van der Waals surface area contributed by atoms with E-state index in [1.165, 1.54) is 0 Å². The summed E-state index contributed by atoms with van der Waals surface area (Å²) in [6, 6.07) is 8.18. The third-order valence-electron chi connectivity index (χ3n) is 7.37. The van der Waals surface area contributed by atoms with Gasteiger partial charge in [-0.05, 0) is 62.5 Å². The third kappa shape index (κ3) is 5.04. The van der Waals surface area contributed by atoms with Crippen LogP contribution in [0, 0.1) is 6.92 Å². The fourth-order valence-corrected chi connectivity index (χ4v) is 5.33. The molecule has 0 atom stereocenters. The zero-order valence-electron chi connectivity index (χ0n) is 22.7. The highest BCUT2D eigenvalue weighted by molar-refractivity contribution is 6.05. The van der Waals surface area contributed by atoms with Crippen molar-refractivity contribution < 1.29 is 0 Å². The molecule has 4 rings (SSSR count). The lowest BCUT2D eigenvalue weighted by Crippen LogP contribution is -2.38. The van der Waals surface area contributed by atoms with E-state index < -0.39 is 0 Å². The summed E-state index contributed by atoms with van der Waals surface area (Å²) in [7, 11) is 1.62. The second-order valence-electron chi connectivity index (χ2n) is 9.60. The Morgan fingerprint density at radius 2 is 2.03 bits per heavy atom. The van der Waals surface area contributed by atoms with Crippen molar-refractivity contribution >= 4 is 41.4 Å². The van der Waals surface area contributed by atoms with Crippen molar-refractivity contribution in [1.29, 1.82) is 0 Å². The number of likely N-dealkylation sites (tertiary alicyclic amines) is 1. The maximum Gasteiger partial charge on any atom is 0.259 e. The first-order valence-electron chi connectivity index (χ1n) is 12.9. The van der Waals surface area contributed by atoms with Crippen molar-refractivity contribution in [1.82, 2.24) is 24.7 Å². The van der Waals surface area contributed by atoms with Gasteiger partial charge in [0.05, 0.1) is 17.5 Å². The largest absolute Gasteiger partial charge is 0.383 e. The van der Waals surface area contributed by atoms with E-state index in [-0.39, 0.29) is 11.6 Å². The number of hydrogen-bond donors (Lipinski definition) is 2. The van der Waals surface area contributed by atoms with Gasteiger partial charge < -0.3 is 15.2 Å². The molecule has 0 radical (unpaired) electrons. The van der Waals surface area contributed by atoms with Gasteiger partial charge in [0, 0.05) is 44.8 Å². The number of aliphatic imine (C=N–C) groups is 2. The van der Waals surface area contributed by atoms with E-state index in [1.807, 2.05) is 36.6 Å². The normalized spacial score (nSPS) is 15.7. The van der Waals surface area contributed by atoms with Crippen LogP contribution < -0.4 is 16.7 Å². The van der Waals surface area contributed by atoms with Crippen LogP contribution in [0.3, 0.4) is 0 Å². The molecule has 0 aliphatic carbocycles. The molecule has 1 aliphatic rings. The van der Waals surface area contributed by atoms with E-state index in [1.54, 1.807) is 17.9 Å². The average molecular weight is 516 g/mol. The first-order chi connectivity index (χ1) is 18.3.